The zero-order chi connectivity index (χ0) is 13.2. The van der Waals surface area contributed by atoms with Gasteiger partial charge in [-0.05, 0) is 36.4 Å². The molecule has 0 bridgehead atoms. The summed E-state index contributed by atoms with van der Waals surface area (Å²) in [6.45, 7) is 0. The molecule has 0 spiro atoms. The van der Waals surface area contributed by atoms with Gasteiger partial charge in [0, 0.05) is 22.7 Å². The molecule has 19 heavy (non-hydrogen) atoms. The maximum Gasteiger partial charge on any atom is 0.138 e. The maximum absolute atomic E-state index is 9.43. The Hall–Kier alpha value is -2.26. The van der Waals surface area contributed by atoms with Gasteiger partial charge in [-0.1, -0.05) is 17.7 Å². The number of hydrogen-bond acceptors (Lipinski definition) is 3. The van der Waals surface area contributed by atoms with Crippen molar-refractivity contribution in [2.75, 3.05) is 0 Å². The van der Waals surface area contributed by atoms with Gasteiger partial charge in [0.1, 0.15) is 17.2 Å². The summed E-state index contributed by atoms with van der Waals surface area (Å²) in [5.41, 5.74) is 0.769. The number of aromatic nitrogens is 1. The molecule has 0 amide bonds. The molecule has 0 saturated heterocycles. The monoisotopic (exact) mass is 271 g/mol. The van der Waals surface area contributed by atoms with E-state index < -0.39 is 0 Å². The number of benzene rings is 2. The van der Waals surface area contributed by atoms with Crippen LogP contribution in [0.5, 0.6) is 17.2 Å². The number of halogens is 1. The minimum atomic E-state index is 0.166. The number of fused-ring (bicyclic) bond motifs is 1. The SMILES string of the molecule is Oc1cccc(Oc2ccnc3cc(Cl)ccc23)c1. The number of aromatic hydroxyl groups is 1. The summed E-state index contributed by atoms with van der Waals surface area (Å²) in [5.74, 6) is 1.41. The number of ether oxygens (including phenoxy) is 1. The molecule has 3 nitrogen and oxygen atoms in total. The molecule has 0 aliphatic carbocycles. The second kappa shape index (κ2) is 4.78. The van der Waals surface area contributed by atoms with Crippen molar-refractivity contribution in [3.63, 3.8) is 0 Å². The predicted molar refractivity (Wildman–Crippen MR) is 74.9 cm³/mol. The Morgan fingerprint density at radius 2 is 1.95 bits per heavy atom. The van der Waals surface area contributed by atoms with Crippen molar-refractivity contribution < 1.29 is 9.84 Å². The zero-order valence-corrected chi connectivity index (χ0v) is 10.6. The van der Waals surface area contributed by atoms with Crippen LogP contribution in [0.4, 0.5) is 0 Å². The molecular formula is C15H10ClNO2. The van der Waals surface area contributed by atoms with E-state index in [0.29, 0.717) is 16.5 Å². The van der Waals surface area contributed by atoms with Crippen LogP contribution >= 0.6 is 11.6 Å². The van der Waals surface area contributed by atoms with E-state index in [1.54, 1.807) is 48.7 Å². The lowest BCUT2D eigenvalue weighted by Gasteiger charge is -2.08. The van der Waals surface area contributed by atoms with Crippen molar-refractivity contribution >= 4 is 22.5 Å². The number of nitrogens with zero attached hydrogens (tertiary/aromatic N) is 1. The van der Waals surface area contributed by atoms with Crippen LogP contribution in [-0.4, -0.2) is 10.1 Å². The van der Waals surface area contributed by atoms with Gasteiger partial charge in [0.2, 0.25) is 0 Å². The van der Waals surface area contributed by atoms with E-state index in [2.05, 4.69) is 4.98 Å². The summed E-state index contributed by atoms with van der Waals surface area (Å²) >= 11 is 5.94. The third-order valence-corrected chi connectivity index (χ3v) is 2.95. The van der Waals surface area contributed by atoms with Gasteiger partial charge in [0.25, 0.3) is 0 Å². The van der Waals surface area contributed by atoms with Crippen molar-refractivity contribution in [1.82, 2.24) is 4.98 Å². The highest BCUT2D eigenvalue weighted by Gasteiger charge is 2.05. The molecule has 0 radical (unpaired) electrons. The average Bonchev–Trinajstić information content (AvgIpc) is 2.38. The Morgan fingerprint density at radius 1 is 1.05 bits per heavy atom. The van der Waals surface area contributed by atoms with Gasteiger partial charge in [0.05, 0.1) is 5.52 Å². The third kappa shape index (κ3) is 2.46. The lowest BCUT2D eigenvalue weighted by Crippen LogP contribution is -1.87. The summed E-state index contributed by atoms with van der Waals surface area (Å²) < 4.78 is 5.77. The quantitative estimate of drug-likeness (QED) is 0.752. The summed E-state index contributed by atoms with van der Waals surface area (Å²) in [7, 11) is 0. The lowest BCUT2D eigenvalue weighted by molar-refractivity contribution is 0.457. The first-order chi connectivity index (χ1) is 9.22. The van der Waals surface area contributed by atoms with Crippen LogP contribution in [-0.2, 0) is 0 Å². The fourth-order valence-corrected chi connectivity index (χ4v) is 2.02. The fourth-order valence-electron chi connectivity index (χ4n) is 1.86. The van der Waals surface area contributed by atoms with Crippen LogP contribution in [0.1, 0.15) is 0 Å². The van der Waals surface area contributed by atoms with Crippen LogP contribution in [0.15, 0.2) is 54.7 Å². The number of hydrogen-bond donors (Lipinski definition) is 1. The van der Waals surface area contributed by atoms with Gasteiger partial charge in [-0.15, -0.1) is 0 Å². The van der Waals surface area contributed by atoms with E-state index in [1.807, 2.05) is 6.07 Å². The van der Waals surface area contributed by atoms with Gasteiger partial charge in [-0.25, -0.2) is 0 Å². The molecule has 1 N–H and O–H groups in total. The van der Waals surface area contributed by atoms with Crippen LogP contribution < -0.4 is 4.74 Å². The summed E-state index contributed by atoms with van der Waals surface area (Å²) in [6, 6.07) is 13.9. The molecule has 2 aromatic carbocycles. The molecule has 0 aliphatic rings. The molecule has 0 atom stereocenters. The predicted octanol–water partition coefficient (Wildman–Crippen LogP) is 4.39. The van der Waals surface area contributed by atoms with Crippen molar-refractivity contribution in [3.05, 3.63) is 59.8 Å². The highest BCUT2D eigenvalue weighted by Crippen LogP contribution is 2.31. The van der Waals surface area contributed by atoms with Crippen molar-refractivity contribution in [1.29, 1.82) is 0 Å². The second-order valence-electron chi connectivity index (χ2n) is 4.07. The van der Waals surface area contributed by atoms with E-state index in [0.717, 1.165) is 10.9 Å². The lowest BCUT2D eigenvalue weighted by atomic mass is 10.2. The van der Waals surface area contributed by atoms with E-state index in [1.165, 1.54) is 0 Å². The van der Waals surface area contributed by atoms with E-state index in [9.17, 15) is 5.11 Å². The Morgan fingerprint density at radius 3 is 2.79 bits per heavy atom. The maximum atomic E-state index is 9.43. The van der Waals surface area contributed by atoms with Crippen LogP contribution in [0.2, 0.25) is 5.02 Å². The first kappa shape index (κ1) is 11.8. The molecule has 1 heterocycles. The van der Waals surface area contributed by atoms with E-state index >= 15 is 0 Å². The molecule has 3 aromatic rings. The standard InChI is InChI=1S/C15H10ClNO2/c16-10-4-5-13-14(8-10)17-7-6-15(13)19-12-3-1-2-11(18)9-12/h1-9,18H. The molecular weight excluding hydrogens is 262 g/mol. The molecule has 1 aromatic heterocycles. The molecule has 3 rings (SSSR count). The molecule has 0 aliphatic heterocycles. The van der Waals surface area contributed by atoms with Crippen LogP contribution in [0.3, 0.4) is 0 Å². The first-order valence-electron chi connectivity index (χ1n) is 5.73. The topological polar surface area (TPSA) is 42.4 Å². The third-order valence-electron chi connectivity index (χ3n) is 2.71. The van der Waals surface area contributed by atoms with Gasteiger partial charge in [0.15, 0.2) is 0 Å². The normalized spacial score (nSPS) is 10.6. The highest BCUT2D eigenvalue weighted by molar-refractivity contribution is 6.31. The number of phenols is 1. The largest absolute Gasteiger partial charge is 0.508 e. The number of pyridine rings is 1. The molecule has 0 saturated carbocycles. The van der Waals surface area contributed by atoms with Gasteiger partial charge >= 0.3 is 0 Å². The average molecular weight is 272 g/mol. The van der Waals surface area contributed by atoms with Gasteiger partial charge < -0.3 is 9.84 Å². The summed E-state index contributed by atoms with van der Waals surface area (Å²) in [5, 5.41) is 10.9. The Bertz CT molecular complexity index is 743. The fraction of sp³-hybridized carbons (Fsp3) is 0. The van der Waals surface area contributed by atoms with Crippen molar-refractivity contribution in [2.24, 2.45) is 0 Å². The molecule has 0 fully saturated rings. The van der Waals surface area contributed by atoms with E-state index in [4.69, 9.17) is 16.3 Å². The van der Waals surface area contributed by atoms with Gasteiger partial charge in [-0.3, -0.25) is 4.98 Å². The summed E-state index contributed by atoms with van der Waals surface area (Å²) in [4.78, 5) is 4.25. The van der Waals surface area contributed by atoms with Crippen LogP contribution in [0.25, 0.3) is 10.9 Å². The van der Waals surface area contributed by atoms with E-state index in [-0.39, 0.29) is 5.75 Å². The highest BCUT2D eigenvalue weighted by atomic mass is 35.5. The Labute approximate surface area is 115 Å². The first-order valence-corrected chi connectivity index (χ1v) is 6.11. The number of rotatable bonds is 2. The van der Waals surface area contributed by atoms with Gasteiger partial charge in [-0.2, -0.15) is 0 Å². The minimum Gasteiger partial charge on any atom is -0.508 e. The molecule has 4 heteroatoms. The Kier molecular flexibility index (Phi) is 2.97. The van der Waals surface area contributed by atoms with Crippen LogP contribution in [0, 0.1) is 0 Å². The second-order valence-corrected chi connectivity index (χ2v) is 4.51. The Balaban J connectivity index is 2.06. The minimum absolute atomic E-state index is 0.166. The van der Waals surface area contributed by atoms with Crippen molar-refractivity contribution in [3.8, 4) is 17.2 Å². The molecule has 94 valence electrons. The summed E-state index contributed by atoms with van der Waals surface area (Å²) in [6.07, 6.45) is 1.66. The zero-order valence-electron chi connectivity index (χ0n) is 9.88. The molecule has 0 unspecified atom stereocenters. The smallest absolute Gasteiger partial charge is 0.138 e. The number of phenolic OH excluding ortho intramolecular Hbond substituents is 1. The van der Waals surface area contributed by atoms with Crippen molar-refractivity contribution in [2.45, 2.75) is 0 Å².